The van der Waals surface area contributed by atoms with E-state index in [0.717, 1.165) is 15.5 Å². The van der Waals surface area contributed by atoms with Gasteiger partial charge in [0.2, 0.25) is 0 Å². The summed E-state index contributed by atoms with van der Waals surface area (Å²) < 4.78 is 6.99. The zero-order valence-electron chi connectivity index (χ0n) is 13.0. The van der Waals surface area contributed by atoms with Crippen molar-refractivity contribution < 1.29 is 9.53 Å². The molecule has 24 heavy (non-hydrogen) atoms. The fourth-order valence-corrected chi connectivity index (χ4v) is 4.70. The molecule has 0 amide bonds. The van der Waals surface area contributed by atoms with Crippen LogP contribution in [0, 0.1) is 0 Å². The van der Waals surface area contributed by atoms with Gasteiger partial charge in [-0.2, -0.15) is 0 Å². The van der Waals surface area contributed by atoms with Crippen LogP contribution in [0.15, 0.2) is 35.5 Å². The van der Waals surface area contributed by atoms with E-state index in [2.05, 4.69) is 15.3 Å². The Labute approximate surface area is 154 Å². The van der Waals surface area contributed by atoms with Gasteiger partial charge < -0.3 is 0 Å². The molecule has 2 aromatic heterocycles. The molecular formula is C16H14ClN3O2SSe. The summed E-state index contributed by atoms with van der Waals surface area (Å²) in [7, 11) is 0. The summed E-state index contributed by atoms with van der Waals surface area (Å²) in [5, 5.41) is 5.27. The molecule has 0 bridgehead atoms. The van der Waals surface area contributed by atoms with Gasteiger partial charge in [-0.05, 0) is 0 Å². The molecule has 0 atom stereocenters. The third kappa shape index (κ3) is 3.92. The van der Waals surface area contributed by atoms with Crippen molar-refractivity contribution in [2.45, 2.75) is 12.1 Å². The average molecular weight is 427 g/mol. The normalized spacial score (nSPS) is 10.8. The van der Waals surface area contributed by atoms with Crippen LogP contribution in [0.4, 0.5) is 11.5 Å². The monoisotopic (exact) mass is 427 g/mol. The Morgan fingerprint density at radius 3 is 2.92 bits per heavy atom. The van der Waals surface area contributed by atoms with Gasteiger partial charge in [0.1, 0.15) is 0 Å². The second-order valence-corrected chi connectivity index (χ2v) is 8.21. The molecule has 2 heterocycles. The number of aromatic nitrogens is 2. The van der Waals surface area contributed by atoms with Gasteiger partial charge in [0.25, 0.3) is 0 Å². The van der Waals surface area contributed by atoms with Crippen LogP contribution < -0.4 is 5.32 Å². The maximum absolute atomic E-state index is 11.9. The van der Waals surface area contributed by atoms with Gasteiger partial charge in [0, 0.05) is 0 Å². The Bertz CT molecular complexity index is 900. The molecule has 0 saturated carbocycles. The molecule has 8 heteroatoms. The van der Waals surface area contributed by atoms with Crippen LogP contribution in [0.1, 0.15) is 16.2 Å². The van der Waals surface area contributed by atoms with Gasteiger partial charge >= 0.3 is 155 Å². The molecule has 5 nitrogen and oxygen atoms in total. The topological polar surface area (TPSA) is 64.1 Å². The Morgan fingerprint density at radius 2 is 2.17 bits per heavy atom. The summed E-state index contributed by atoms with van der Waals surface area (Å²) in [5.74, 6) is 0.410. The van der Waals surface area contributed by atoms with E-state index in [0.29, 0.717) is 22.7 Å². The molecule has 0 aliphatic heterocycles. The fourth-order valence-electron chi connectivity index (χ4n) is 2.12. The first-order chi connectivity index (χ1) is 11.6. The summed E-state index contributed by atoms with van der Waals surface area (Å²) in [6, 6.07) is 9.57. The number of benzene rings is 1. The standard InChI is InChI=1S/C16H14ClN3O2SSe/c1-3-22-15(21)12-7-9-6-10(4-5-11(9)24-12)18-14-8-13(17)19-16(20-14)23-2/h4-8H,3H2,1-2H3,(H,18,19,20). The number of hydrogen-bond acceptors (Lipinski definition) is 6. The van der Waals surface area contributed by atoms with E-state index in [1.54, 1.807) is 6.07 Å². The number of anilines is 2. The first-order valence-electron chi connectivity index (χ1n) is 7.15. The van der Waals surface area contributed by atoms with Crippen molar-refractivity contribution in [3.05, 3.63) is 39.9 Å². The molecular weight excluding hydrogens is 413 g/mol. The Morgan fingerprint density at radius 1 is 1.33 bits per heavy atom. The number of esters is 1. The summed E-state index contributed by atoms with van der Waals surface area (Å²) in [4.78, 5) is 20.4. The number of carbonyl (C=O) groups excluding carboxylic acids is 1. The van der Waals surface area contributed by atoms with E-state index in [9.17, 15) is 4.79 Å². The van der Waals surface area contributed by atoms with E-state index in [1.165, 1.54) is 16.0 Å². The number of carbonyl (C=O) groups is 1. The van der Waals surface area contributed by atoms with E-state index < -0.39 is 0 Å². The number of hydrogen-bond donors (Lipinski definition) is 1. The van der Waals surface area contributed by atoms with E-state index in [4.69, 9.17) is 16.3 Å². The van der Waals surface area contributed by atoms with Crippen molar-refractivity contribution >= 4 is 65.0 Å². The van der Waals surface area contributed by atoms with Crippen LogP contribution in [0.3, 0.4) is 0 Å². The molecule has 1 N–H and O–H groups in total. The third-order valence-electron chi connectivity index (χ3n) is 3.12. The Hall–Kier alpha value is -1.53. The minimum atomic E-state index is -0.226. The van der Waals surface area contributed by atoms with E-state index >= 15 is 0 Å². The molecule has 0 fully saturated rings. The number of thioether (sulfide) groups is 1. The molecule has 3 aromatic rings. The van der Waals surface area contributed by atoms with Crippen LogP contribution in [-0.2, 0) is 4.74 Å². The molecule has 0 spiro atoms. The van der Waals surface area contributed by atoms with Gasteiger partial charge in [0.05, 0.1) is 0 Å². The van der Waals surface area contributed by atoms with Crippen molar-refractivity contribution in [2.75, 3.05) is 18.2 Å². The Balaban J connectivity index is 1.88. The molecule has 0 aliphatic carbocycles. The number of ether oxygens (including phenoxy) is 1. The van der Waals surface area contributed by atoms with Crippen molar-refractivity contribution in [2.24, 2.45) is 0 Å². The average Bonchev–Trinajstić information content (AvgIpc) is 2.98. The van der Waals surface area contributed by atoms with Gasteiger partial charge in [-0.15, -0.1) is 0 Å². The number of nitrogens with one attached hydrogen (secondary N) is 1. The van der Waals surface area contributed by atoms with Crippen molar-refractivity contribution in [3.63, 3.8) is 0 Å². The first kappa shape index (κ1) is 17.3. The SMILES string of the molecule is CCOC(=O)c1cc2cc(Nc3cc(Cl)nc(SC)n3)ccc2[se]1. The van der Waals surface area contributed by atoms with Crippen LogP contribution in [0.25, 0.3) is 9.65 Å². The molecule has 124 valence electrons. The number of rotatable bonds is 5. The summed E-state index contributed by atoms with van der Waals surface area (Å²) in [6.07, 6.45) is 1.90. The zero-order valence-corrected chi connectivity index (χ0v) is 16.3. The maximum atomic E-state index is 11.9. The predicted molar refractivity (Wildman–Crippen MR) is 99.0 cm³/mol. The molecule has 1 aromatic carbocycles. The molecule has 0 radical (unpaired) electrons. The second kappa shape index (κ2) is 7.57. The van der Waals surface area contributed by atoms with Gasteiger partial charge in [-0.25, -0.2) is 0 Å². The van der Waals surface area contributed by atoms with Crippen molar-refractivity contribution in [1.82, 2.24) is 9.97 Å². The summed E-state index contributed by atoms with van der Waals surface area (Å²) in [6.45, 7) is 2.20. The second-order valence-electron chi connectivity index (χ2n) is 4.77. The van der Waals surface area contributed by atoms with Gasteiger partial charge in [-0.1, -0.05) is 0 Å². The van der Waals surface area contributed by atoms with Gasteiger partial charge in [0.15, 0.2) is 0 Å². The number of nitrogens with zero attached hydrogens (tertiary/aromatic N) is 2. The minimum absolute atomic E-state index is 0.00956. The van der Waals surface area contributed by atoms with Crippen LogP contribution in [0.2, 0.25) is 5.15 Å². The quantitative estimate of drug-likeness (QED) is 0.219. The number of halogens is 1. The molecule has 0 unspecified atom stereocenters. The van der Waals surface area contributed by atoms with Crippen LogP contribution in [0.5, 0.6) is 0 Å². The fraction of sp³-hybridized carbons (Fsp3) is 0.188. The predicted octanol–water partition coefficient (Wildman–Crippen LogP) is 3.98. The van der Waals surface area contributed by atoms with Gasteiger partial charge in [-0.3, -0.25) is 0 Å². The van der Waals surface area contributed by atoms with E-state index in [-0.39, 0.29) is 20.5 Å². The third-order valence-corrected chi connectivity index (χ3v) is 6.16. The zero-order chi connectivity index (χ0) is 17.1. The van der Waals surface area contributed by atoms with Crippen molar-refractivity contribution in [1.29, 1.82) is 0 Å². The molecule has 0 saturated heterocycles. The van der Waals surface area contributed by atoms with Crippen LogP contribution >= 0.6 is 23.4 Å². The summed E-state index contributed by atoms with van der Waals surface area (Å²) >= 11 is 7.43. The molecule has 3 rings (SSSR count). The number of fused-ring (bicyclic) bond motifs is 1. The van der Waals surface area contributed by atoms with E-state index in [1.807, 2.05) is 37.4 Å². The first-order valence-corrected chi connectivity index (χ1v) is 10.5. The van der Waals surface area contributed by atoms with Crippen molar-refractivity contribution in [3.8, 4) is 0 Å². The Kier molecular flexibility index (Phi) is 5.46. The summed E-state index contributed by atoms with van der Waals surface area (Å²) in [5.41, 5.74) is 0.882. The molecule has 0 aliphatic rings. The van der Waals surface area contributed by atoms with Crippen LogP contribution in [-0.4, -0.2) is 43.3 Å².